The van der Waals surface area contributed by atoms with Crippen molar-refractivity contribution < 1.29 is 19.4 Å². The molecular weight excluding hydrogens is 328 g/mol. The molecule has 0 bridgehead atoms. The molecule has 1 heterocycles. The number of rotatable bonds is 6. The Hall–Kier alpha value is -3.08. The number of carbonyl (C=O) groups is 1. The summed E-state index contributed by atoms with van der Waals surface area (Å²) in [7, 11) is 0. The second-order valence-electron chi connectivity index (χ2n) is 4.30. The third kappa shape index (κ3) is 4.20. The summed E-state index contributed by atoms with van der Waals surface area (Å²) in [6.45, 7) is 1.28. The fourth-order valence-corrected chi connectivity index (χ4v) is 2.30. The number of nitro groups is 2. The van der Waals surface area contributed by atoms with Gasteiger partial charge >= 0.3 is 5.69 Å². The summed E-state index contributed by atoms with van der Waals surface area (Å²) in [5.41, 5.74) is -0.277. The fourth-order valence-electron chi connectivity index (χ4n) is 1.59. The summed E-state index contributed by atoms with van der Waals surface area (Å²) >= 11 is 1.23. The lowest BCUT2D eigenvalue weighted by molar-refractivity contribution is -0.394. The first-order valence-electron chi connectivity index (χ1n) is 6.14. The van der Waals surface area contributed by atoms with Crippen LogP contribution in [0.5, 0.6) is 5.75 Å². The zero-order valence-corrected chi connectivity index (χ0v) is 12.5. The van der Waals surface area contributed by atoms with Gasteiger partial charge in [-0.3, -0.25) is 30.3 Å². The van der Waals surface area contributed by atoms with Crippen LogP contribution in [-0.4, -0.2) is 27.3 Å². The molecule has 11 heteroatoms. The number of benzene rings is 1. The van der Waals surface area contributed by atoms with Gasteiger partial charge in [0.25, 0.3) is 11.6 Å². The molecule has 2 aromatic rings. The molecule has 23 heavy (non-hydrogen) atoms. The van der Waals surface area contributed by atoms with Gasteiger partial charge in [0.2, 0.25) is 0 Å². The van der Waals surface area contributed by atoms with E-state index in [4.69, 9.17) is 4.74 Å². The maximum absolute atomic E-state index is 11.7. The summed E-state index contributed by atoms with van der Waals surface area (Å²) < 4.78 is 5.07. The lowest BCUT2D eigenvalue weighted by Gasteiger charge is -2.06. The second-order valence-corrected chi connectivity index (χ2v) is 5.16. The first-order chi connectivity index (χ1) is 10.9. The topological polar surface area (TPSA) is 138 Å². The highest BCUT2D eigenvalue weighted by atomic mass is 32.1. The lowest BCUT2D eigenvalue weighted by Crippen LogP contribution is -2.20. The Morgan fingerprint density at radius 1 is 1.35 bits per heavy atom. The number of non-ortho nitro benzene ring substituents is 1. The standard InChI is InChI=1S/C12H10N4O6S/c1-7-6-23-12(13-7)14-11(17)5-22-10-3-2-8(15(18)19)4-9(10)16(20)21/h2-4,6H,5H2,1H3,(H,13,14,17). The average molecular weight is 338 g/mol. The molecular formula is C12H10N4O6S. The second kappa shape index (κ2) is 6.79. The zero-order chi connectivity index (χ0) is 17.0. The molecule has 1 aromatic carbocycles. The molecule has 0 spiro atoms. The van der Waals surface area contributed by atoms with Gasteiger partial charge in [-0.25, -0.2) is 4.98 Å². The summed E-state index contributed by atoms with van der Waals surface area (Å²) in [4.78, 5) is 35.7. The van der Waals surface area contributed by atoms with Gasteiger partial charge in [-0.2, -0.15) is 0 Å². The van der Waals surface area contributed by atoms with E-state index < -0.39 is 33.7 Å². The van der Waals surface area contributed by atoms with E-state index in [1.807, 2.05) is 0 Å². The van der Waals surface area contributed by atoms with Crippen molar-refractivity contribution in [2.45, 2.75) is 6.92 Å². The van der Waals surface area contributed by atoms with E-state index >= 15 is 0 Å². The molecule has 0 radical (unpaired) electrons. The van der Waals surface area contributed by atoms with Crippen molar-refractivity contribution >= 4 is 33.8 Å². The van der Waals surface area contributed by atoms with E-state index in [9.17, 15) is 25.0 Å². The molecule has 0 aliphatic carbocycles. The molecule has 10 nitrogen and oxygen atoms in total. The molecule has 0 saturated carbocycles. The van der Waals surface area contributed by atoms with Crippen molar-refractivity contribution in [1.82, 2.24) is 4.98 Å². The van der Waals surface area contributed by atoms with Crippen molar-refractivity contribution in [1.29, 1.82) is 0 Å². The van der Waals surface area contributed by atoms with Crippen molar-refractivity contribution in [2.24, 2.45) is 0 Å². The van der Waals surface area contributed by atoms with Crippen LogP contribution in [0.1, 0.15) is 5.69 Å². The van der Waals surface area contributed by atoms with Crippen LogP contribution in [-0.2, 0) is 4.79 Å². The summed E-state index contributed by atoms with van der Waals surface area (Å²) in [5, 5.41) is 26.2. The number of anilines is 1. The first kappa shape index (κ1) is 16.3. The number of nitrogens with one attached hydrogen (secondary N) is 1. The highest BCUT2D eigenvalue weighted by Crippen LogP contribution is 2.30. The number of nitrogens with zero attached hydrogens (tertiary/aromatic N) is 3. The predicted molar refractivity (Wildman–Crippen MR) is 80.7 cm³/mol. The number of nitro benzene ring substituents is 2. The van der Waals surface area contributed by atoms with Crippen LogP contribution in [0.25, 0.3) is 0 Å². The normalized spacial score (nSPS) is 10.1. The number of aryl methyl sites for hydroxylation is 1. The molecule has 1 aromatic heterocycles. The lowest BCUT2D eigenvalue weighted by atomic mass is 10.2. The Morgan fingerprint density at radius 2 is 2.09 bits per heavy atom. The van der Waals surface area contributed by atoms with Crippen LogP contribution in [0, 0.1) is 27.2 Å². The largest absolute Gasteiger partial charge is 0.477 e. The van der Waals surface area contributed by atoms with Gasteiger partial charge in [-0.15, -0.1) is 11.3 Å². The summed E-state index contributed by atoms with van der Waals surface area (Å²) in [5.74, 6) is -0.780. The van der Waals surface area contributed by atoms with Crippen LogP contribution in [0.2, 0.25) is 0 Å². The predicted octanol–water partition coefficient (Wildman–Crippen LogP) is 2.29. The van der Waals surface area contributed by atoms with Crippen LogP contribution in [0.15, 0.2) is 23.6 Å². The first-order valence-corrected chi connectivity index (χ1v) is 7.02. The van der Waals surface area contributed by atoms with Crippen LogP contribution < -0.4 is 10.1 Å². The van der Waals surface area contributed by atoms with Gasteiger partial charge < -0.3 is 4.74 Å². The molecule has 1 N–H and O–H groups in total. The molecule has 120 valence electrons. The van der Waals surface area contributed by atoms with E-state index in [1.54, 1.807) is 12.3 Å². The molecule has 0 aliphatic heterocycles. The van der Waals surface area contributed by atoms with E-state index in [-0.39, 0.29) is 5.75 Å². The van der Waals surface area contributed by atoms with Gasteiger partial charge in [0.1, 0.15) is 0 Å². The third-order valence-corrected chi connectivity index (χ3v) is 3.45. The number of ether oxygens (including phenoxy) is 1. The minimum atomic E-state index is -0.815. The number of aromatic nitrogens is 1. The van der Waals surface area contributed by atoms with Gasteiger partial charge in [0, 0.05) is 11.4 Å². The molecule has 0 unspecified atom stereocenters. The van der Waals surface area contributed by atoms with Crippen molar-refractivity contribution in [3.8, 4) is 5.75 Å². The smallest absolute Gasteiger partial charge is 0.317 e. The molecule has 0 saturated heterocycles. The molecule has 0 aliphatic rings. The quantitative estimate of drug-likeness (QED) is 0.630. The van der Waals surface area contributed by atoms with Gasteiger partial charge in [0.05, 0.1) is 21.6 Å². The number of hydrogen-bond donors (Lipinski definition) is 1. The molecule has 2 rings (SSSR count). The molecule has 0 fully saturated rings. The fraction of sp³-hybridized carbons (Fsp3) is 0.167. The maximum Gasteiger partial charge on any atom is 0.317 e. The Morgan fingerprint density at radius 3 is 2.65 bits per heavy atom. The van der Waals surface area contributed by atoms with E-state index in [1.165, 1.54) is 11.3 Å². The van der Waals surface area contributed by atoms with Crippen molar-refractivity contribution in [3.63, 3.8) is 0 Å². The third-order valence-electron chi connectivity index (χ3n) is 2.57. The molecule has 1 amide bonds. The van der Waals surface area contributed by atoms with E-state index in [0.29, 0.717) is 5.13 Å². The average Bonchev–Trinajstić information content (AvgIpc) is 2.89. The minimum absolute atomic E-state index is 0.230. The van der Waals surface area contributed by atoms with E-state index in [2.05, 4.69) is 10.3 Å². The summed E-state index contributed by atoms with van der Waals surface area (Å²) in [6, 6.07) is 2.92. The number of hydrogen-bond acceptors (Lipinski definition) is 8. The van der Waals surface area contributed by atoms with Crippen LogP contribution in [0.3, 0.4) is 0 Å². The maximum atomic E-state index is 11.7. The highest BCUT2D eigenvalue weighted by molar-refractivity contribution is 7.13. The Labute approximate surface area is 133 Å². The number of amides is 1. The minimum Gasteiger partial charge on any atom is -0.477 e. The Bertz CT molecular complexity index is 775. The monoisotopic (exact) mass is 338 g/mol. The SMILES string of the molecule is Cc1csc(NC(=O)COc2ccc([N+](=O)[O-])cc2[N+](=O)[O-])n1. The van der Waals surface area contributed by atoms with Gasteiger partial charge in [-0.1, -0.05) is 0 Å². The van der Waals surface area contributed by atoms with Gasteiger partial charge in [-0.05, 0) is 13.0 Å². The van der Waals surface area contributed by atoms with E-state index in [0.717, 1.165) is 23.9 Å². The van der Waals surface area contributed by atoms with Gasteiger partial charge in [0.15, 0.2) is 17.5 Å². The van der Waals surface area contributed by atoms with Crippen molar-refractivity contribution in [2.75, 3.05) is 11.9 Å². The summed E-state index contributed by atoms with van der Waals surface area (Å²) in [6.07, 6.45) is 0. The van der Waals surface area contributed by atoms with Crippen LogP contribution >= 0.6 is 11.3 Å². The number of carbonyl (C=O) groups excluding carboxylic acids is 1. The van der Waals surface area contributed by atoms with Crippen molar-refractivity contribution in [3.05, 3.63) is 49.5 Å². The Kier molecular flexibility index (Phi) is 4.81. The number of thiazole rings is 1. The highest BCUT2D eigenvalue weighted by Gasteiger charge is 2.21. The zero-order valence-electron chi connectivity index (χ0n) is 11.7. The molecule has 0 atom stereocenters. The van der Waals surface area contributed by atoms with Crippen LogP contribution in [0.4, 0.5) is 16.5 Å². The Balaban J connectivity index is 2.06.